The third-order valence-electron chi connectivity index (χ3n) is 4.82. The predicted octanol–water partition coefficient (Wildman–Crippen LogP) is 3.41. The molecular formula is C16H17F3N4. The van der Waals surface area contributed by atoms with Gasteiger partial charge in [-0.25, -0.2) is 9.67 Å². The van der Waals surface area contributed by atoms with Crippen molar-refractivity contribution in [2.75, 3.05) is 0 Å². The molecule has 2 bridgehead atoms. The second kappa shape index (κ2) is 5.06. The summed E-state index contributed by atoms with van der Waals surface area (Å²) in [6, 6.07) is 5.75. The van der Waals surface area contributed by atoms with E-state index in [2.05, 4.69) is 15.4 Å². The summed E-state index contributed by atoms with van der Waals surface area (Å²) >= 11 is 0. The zero-order valence-electron chi connectivity index (χ0n) is 12.6. The second-order valence-electron chi connectivity index (χ2n) is 6.39. The summed E-state index contributed by atoms with van der Waals surface area (Å²) in [6.45, 7) is 1.80. The van der Waals surface area contributed by atoms with Crippen molar-refractivity contribution in [3.05, 3.63) is 41.5 Å². The molecule has 1 N–H and O–H groups in total. The zero-order chi connectivity index (χ0) is 16.2. The average molecular weight is 322 g/mol. The fourth-order valence-electron chi connectivity index (χ4n) is 3.76. The van der Waals surface area contributed by atoms with Crippen LogP contribution >= 0.6 is 0 Å². The number of halogens is 3. The van der Waals surface area contributed by atoms with E-state index in [1.807, 2.05) is 0 Å². The molecule has 3 atom stereocenters. The smallest absolute Gasteiger partial charge is 0.304 e. The number of piperidine rings is 1. The minimum atomic E-state index is -4.33. The van der Waals surface area contributed by atoms with Gasteiger partial charge < -0.3 is 5.32 Å². The number of fused-ring (bicyclic) bond motifs is 2. The molecule has 0 spiro atoms. The van der Waals surface area contributed by atoms with Crippen LogP contribution in [0.3, 0.4) is 0 Å². The van der Waals surface area contributed by atoms with Crippen LogP contribution in [0.25, 0.3) is 5.69 Å². The van der Waals surface area contributed by atoms with Crippen LogP contribution in [-0.2, 0) is 6.18 Å². The summed E-state index contributed by atoms with van der Waals surface area (Å²) in [5.74, 6) is 1.97. The lowest BCUT2D eigenvalue weighted by molar-refractivity contribution is -0.137. The molecule has 2 heterocycles. The normalized spacial score (nSPS) is 26.9. The van der Waals surface area contributed by atoms with E-state index in [1.165, 1.54) is 25.0 Å². The molecule has 0 radical (unpaired) electrons. The molecule has 1 aliphatic heterocycles. The highest BCUT2D eigenvalue weighted by Gasteiger charge is 2.42. The van der Waals surface area contributed by atoms with E-state index < -0.39 is 11.7 Å². The van der Waals surface area contributed by atoms with Gasteiger partial charge in [0.2, 0.25) is 0 Å². The largest absolute Gasteiger partial charge is 0.416 e. The van der Waals surface area contributed by atoms with Gasteiger partial charge in [-0.05, 0) is 56.4 Å². The molecule has 1 aliphatic carbocycles. The number of benzene rings is 1. The summed E-state index contributed by atoms with van der Waals surface area (Å²) < 4.78 is 39.8. The molecule has 2 aromatic rings. The SMILES string of the molecule is Cc1nc([C@H]2N[C@@H]3CC[C@H]2C3)n(-c2ccc(C(F)(F)F)cc2)n1. The highest BCUT2D eigenvalue weighted by Crippen LogP contribution is 2.43. The van der Waals surface area contributed by atoms with Crippen molar-refractivity contribution < 1.29 is 13.2 Å². The van der Waals surface area contributed by atoms with Gasteiger partial charge in [0.05, 0.1) is 17.3 Å². The maximum absolute atomic E-state index is 12.7. The molecule has 1 saturated heterocycles. The minimum Gasteiger partial charge on any atom is -0.304 e. The number of hydrogen-bond acceptors (Lipinski definition) is 3. The van der Waals surface area contributed by atoms with Crippen LogP contribution in [0.5, 0.6) is 0 Å². The van der Waals surface area contributed by atoms with E-state index in [-0.39, 0.29) is 6.04 Å². The van der Waals surface area contributed by atoms with E-state index in [0.29, 0.717) is 23.5 Å². The van der Waals surface area contributed by atoms with Crippen molar-refractivity contribution in [2.45, 2.75) is 44.4 Å². The van der Waals surface area contributed by atoms with Crippen LogP contribution < -0.4 is 5.32 Å². The molecule has 1 saturated carbocycles. The quantitative estimate of drug-likeness (QED) is 0.921. The first-order chi connectivity index (χ1) is 10.9. The summed E-state index contributed by atoms with van der Waals surface area (Å²) in [6.07, 6.45) is -0.828. The number of aryl methyl sites for hydroxylation is 1. The van der Waals surface area contributed by atoms with Gasteiger partial charge in [-0.2, -0.15) is 18.3 Å². The molecule has 4 rings (SSSR count). The van der Waals surface area contributed by atoms with Gasteiger partial charge in [0, 0.05) is 6.04 Å². The van der Waals surface area contributed by atoms with E-state index in [9.17, 15) is 13.2 Å². The van der Waals surface area contributed by atoms with Crippen molar-refractivity contribution in [3.63, 3.8) is 0 Å². The van der Waals surface area contributed by atoms with Crippen LogP contribution in [0.4, 0.5) is 13.2 Å². The van der Waals surface area contributed by atoms with Crippen molar-refractivity contribution in [1.82, 2.24) is 20.1 Å². The lowest BCUT2D eigenvalue weighted by Gasteiger charge is -2.22. The first kappa shape index (κ1) is 14.7. The summed E-state index contributed by atoms with van der Waals surface area (Å²) in [5.41, 5.74) is -0.0455. The van der Waals surface area contributed by atoms with Gasteiger partial charge in [-0.15, -0.1) is 0 Å². The van der Waals surface area contributed by atoms with Crippen molar-refractivity contribution in [2.24, 2.45) is 5.92 Å². The van der Waals surface area contributed by atoms with E-state index in [0.717, 1.165) is 24.4 Å². The van der Waals surface area contributed by atoms with Crippen LogP contribution in [0.2, 0.25) is 0 Å². The summed E-state index contributed by atoms with van der Waals surface area (Å²) in [7, 11) is 0. The monoisotopic (exact) mass is 322 g/mol. The fourth-order valence-corrected chi connectivity index (χ4v) is 3.76. The van der Waals surface area contributed by atoms with Crippen LogP contribution in [0.1, 0.15) is 42.5 Å². The number of alkyl halides is 3. The zero-order valence-corrected chi connectivity index (χ0v) is 12.6. The molecule has 4 nitrogen and oxygen atoms in total. The number of hydrogen-bond donors (Lipinski definition) is 1. The fraction of sp³-hybridized carbons (Fsp3) is 0.500. The molecular weight excluding hydrogens is 305 g/mol. The van der Waals surface area contributed by atoms with E-state index in [4.69, 9.17) is 0 Å². The van der Waals surface area contributed by atoms with Crippen LogP contribution in [0, 0.1) is 12.8 Å². The van der Waals surface area contributed by atoms with E-state index >= 15 is 0 Å². The predicted molar refractivity (Wildman–Crippen MR) is 78.1 cm³/mol. The third kappa shape index (κ3) is 2.52. The lowest BCUT2D eigenvalue weighted by atomic mass is 9.99. The Labute approximate surface area is 131 Å². The Balaban J connectivity index is 1.69. The second-order valence-corrected chi connectivity index (χ2v) is 6.39. The number of rotatable bonds is 2. The number of nitrogens with one attached hydrogen (secondary N) is 1. The molecule has 1 aromatic carbocycles. The Morgan fingerprint density at radius 3 is 2.48 bits per heavy atom. The maximum Gasteiger partial charge on any atom is 0.416 e. The topological polar surface area (TPSA) is 42.7 Å². The highest BCUT2D eigenvalue weighted by molar-refractivity contribution is 5.36. The Morgan fingerprint density at radius 2 is 1.91 bits per heavy atom. The lowest BCUT2D eigenvalue weighted by Crippen LogP contribution is -2.30. The average Bonchev–Trinajstić information content (AvgIpc) is 3.21. The molecule has 122 valence electrons. The van der Waals surface area contributed by atoms with E-state index in [1.54, 1.807) is 11.6 Å². The number of nitrogens with zero attached hydrogens (tertiary/aromatic N) is 3. The molecule has 0 amide bonds. The molecule has 2 aliphatic rings. The molecule has 23 heavy (non-hydrogen) atoms. The molecule has 0 unspecified atom stereocenters. The Bertz CT molecular complexity index is 720. The minimum absolute atomic E-state index is 0.136. The van der Waals surface area contributed by atoms with Crippen molar-refractivity contribution in [1.29, 1.82) is 0 Å². The first-order valence-corrected chi connectivity index (χ1v) is 7.79. The van der Waals surface area contributed by atoms with Gasteiger partial charge >= 0.3 is 6.18 Å². The van der Waals surface area contributed by atoms with Gasteiger partial charge in [0.15, 0.2) is 0 Å². The molecule has 1 aromatic heterocycles. The molecule has 7 heteroatoms. The Kier molecular flexibility index (Phi) is 3.23. The maximum atomic E-state index is 12.7. The first-order valence-electron chi connectivity index (χ1n) is 7.79. The van der Waals surface area contributed by atoms with Crippen LogP contribution in [0.15, 0.2) is 24.3 Å². The molecule has 2 fully saturated rings. The van der Waals surface area contributed by atoms with Gasteiger partial charge in [0.25, 0.3) is 0 Å². The van der Waals surface area contributed by atoms with Crippen molar-refractivity contribution >= 4 is 0 Å². The Morgan fingerprint density at radius 1 is 1.17 bits per heavy atom. The van der Waals surface area contributed by atoms with Crippen molar-refractivity contribution in [3.8, 4) is 5.69 Å². The van der Waals surface area contributed by atoms with Gasteiger partial charge in [-0.1, -0.05) is 0 Å². The standard InChI is InChI=1S/C16H17F3N4/c1-9-20-15(14-10-2-5-12(8-10)21-14)23(22-9)13-6-3-11(4-7-13)16(17,18)19/h3-4,6-7,10,12,14,21H,2,5,8H2,1H3/t10-,12+,14-/m0/s1. The van der Waals surface area contributed by atoms with Crippen LogP contribution in [-0.4, -0.2) is 20.8 Å². The third-order valence-corrected chi connectivity index (χ3v) is 4.82. The Hall–Kier alpha value is -1.89. The number of aromatic nitrogens is 3. The summed E-state index contributed by atoms with van der Waals surface area (Å²) in [5, 5.41) is 7.95. The highest BCUT2D eigenvalue weighted by atomic mass is 19.4. The summed E-state index contributed by atoms with van der Waals surface area (Å²) in [4.78, 5) is 4.53. The van der Waals surface area contributed by atoms with Gasteiger partial charge in [0.1, 0.15) is 11.6 Å². The van der Waals surface area contributed by atoms with Gasteiger partial charge in [-0.3, -0.25) is 0 Å².